The molecule has 2 aromatic carbocycles. The maximum atomic E-state index is 15.0. The summed E-state index contributed by atoms with van der Waals surface area (Å²) in [6.07, 6.45) is 2.84. The van der Waals surface area contributed by atoms with Gasteiger partial charge in [-0.25, -0.2) is 4.39 Å². The van der Waals surface area contributed by atoms with Gasteiger partial charge in [-0.3, -0.25) is 9.69 Å². The highest BCUT2D eigenvalue weighted by atomic mass is 19.1. The highest BCUT2D eigenvalue weighted by Gasteiger charge is 2.38. The van der Waals surface area contributed by atoms with E-state index in [9.17, 15) is 9.18 Å². The van der Waals surface area contributed by atoms with E-state index < -0.39 is 12.2 Å². The Kier molecular flexibility index (Phi) is 4.18. The number of ether oxygens (including phenoxy) is 2. The normalized spacial score (nSPS) is 19.7. The molecule has 1 aliphatic heterocycles. The number of halogens is 1. The van der Waals surface area contributed by atoms with E-state index >= 15 is 0 Å². The number of nitrogen functional groups attached to an aromatic ring is 1. The highest BCUT2D eigenvalue weighted by molar-refractivity contribution is 6.11. The van der Waals surface area contributed by atoms with Crippen LogP contribution in [-0.2, 0) is 0 Å². The molecular formula is C20H21FN2O3. The van der Waals surface area contributed by atoms with E-state index in [2.05, 4.69) is 0 Å². The van der Waals surface area contributed by atoms with Crippen LogP contribution in [0.5, 0.6) is 11.5 Å². The summed E-state index contributed by atoms with van der Waals surface area (Å²) in [5.41, 5.74) is 7.25. The van der Waals surface area contributed by atoms with Crippen molar-refractivity contribution in [2.45, 2.75) is 38.1 Å². The van der Waals surface area contributed by atoms with Crippen LogP contribution in [0.25, 0.3) is 0 Å². The number of hydrogen-bond acceptors (Lipinski definition) is 4. The minimum Gasteiger partial charge on any atom is -0.493 e. The molecule has 1 aliphatic carbocycles. The summed E-state index contributed by atoms with van der Waals surface area (Å²) in [4.78, 5) is 13.9. The molecule has 2 N–H and O–H groups in total. The third-order valence-corrected chi connectivity index (χ3v) is 5.03. The molecule has 1 fully saturated rings. The molecule has 0 bridgehead atoms. The molecule has 0 saturated heterocycles. The zero-order chi connectivity index (χ0) is 18.3. The second-order valence-corrected chi connectivity index (χ2v) is 6.72. The molecule has 2 aliphatic rings. The van der Waals surface area contributed by atoms with Crippen molar-refractivity contribution < 1.29 is 18.7 Å². The van der Waals surface area contributed by atoms with Gasteiger partial charge in [-0.05, 0) is 49.9 Å². The van der Waals surface area contributed by atoms with Crippen molar-refractivity contribution in [3.63, 3.8) is 0 Å². The van der Waals surface area contributed by atoms with Gasteiger partial charge < -0.3 is 15.2 Å². The molecule has 26 heavy (non-hydrogen) atoms. The Balaban J connectivity index is 1.68. The van der Waals surface area contributed by atoms with Crippen LogP contribution in [0, 0.1) is 0 Å². The van der Waals surface area contributed by atoms with E-state index in [1.807, 2.05) is 0 Å². The predicted molar refractivity (Wildman–Crippen MR) is 97.4 cm³/mol. The SMILES string of the molecule is COc1ccc(N2C(=O)c3cc(N)ccc3C2F)cc1OC1CCCC1. The first-order valence-corrected chi connectivity index (χ1v) is 8.80. The summed E-state index contributed by atoms with van der Waals surface area (Å²) in [6, 6.07) is 9.73. The number of amides is 1. The van der Waals surface area contributed by atoms with Gasteiger partial charge in [-0.1, -0.05) is 6.07 Å². The van der Waals surface area contributed by atoms with Crippen molar-refractivity contribution in [2.75, 3.05) is 17.7 Å². The summed E-state index contributed by atoms with van der Waals surface area (Å²) in [5, 5.41) is 0. The molecule has 2 aromatic rings. The number of hydrogen-bond donors (Lipinski definition) is 1. The minimum atomic E-state index is -1.55. The average molecular weight is 356 g/mol. The smallest absolute Gasteiger partial charge is 0.261 e. The Morgan fingerprint density at radius 2 is 1.88 bits per heavy atom. The number of carbonyl (C=O) groups excluding carboxylic acids is 1. The second kappa shape index (κ2) is 6.52. The molecule has 136 valence electrons. The van der Waals surface area contributed by atoms with Gasteiger partial charge in [0.2, 0.25) is 6.30 Å². The van der Waals surface area contributed by atoms with Crippen molar-refractivity contribution in [3.05, 3.63) is 47.5 Å². The third-order valence-electron chi connectivity index (χ3n) is 5.03. The standard InChI is InChI=1S/C20H21FN2O3/c1-25-17-9-7-13(11-18(17)26-14-4-2-3-5-14)23-19(21)15-8-6-12(22)10-16(15)20(23)24/h6-11,14,19H,2-5,22H2,1H3. The van der Waals surface area contributed by atoms with Gasteiger partial charge in [0.05, 0.1) is 24.5 Å². The van der Waals surface area contributed by atoms with Crippen molar-refractivity contribution in [1.82, 2.24) is 0 Å². The van der Waals surface area contributed by atoms with Gasteiger partial charge in [-0.15, -0.1) is 0 Å². The summed E-state index contributed by atoms with van der Waals surface area (Å²) < 4.78 is 26.4. The molecule has 5 nitrogen and oxygen atoms in total. The van der Waals surface area contributed by atoms with Crippen LogP contribution in [0.15, 0.2) is 36.4 Å². The largest absolute Gasteiger partial charge is 0.493 e. The Hall–Kier alpha value is -2.76. The molecule has 0 aromatic heterocycles. The zero-order valence-electron chi connectivity index (χ0n) is 14.6. The summed E-state index contributed by atoms with van der Waals surface area (Å²) >= 11 is 0. The Morgan fingerprint density at radius 1 is 1.12 bits per heavy atom. The van der Waals surface area contributed by atoms with Crippen molar-refractivity contribution in [3.8, 4) is 11.5 Å². The molecule has 1 amide bonds. The molecule has 6 heteroatoms. The molecule has 1 unspecified atom stereocenters. The molecule has 0 radical (unpaired) electrons. The number of benzene rings is 2. The zero-order valence-corrected chi connectivity index (χ0v) is 14.6. The second-order valence-electron chi connectivity index (χ2n) is 6.72. The first-order chi connectivity index (χ1) is 12.6. The molecule has 0 spiro atoms. The van der Waals surface area contributed by atoms with Gasteiger partial charge in [0.15, 0.2) is 11.5 Å². The van der Waals surface area contributed by atoms with Gasteiger partial charge >= 0.3 is 0 Å². The van der Waals surface area contributed by atoms with Crippen molar-refractivity contribution in [2.24, 2.45) is 0 Å². The minimum absolute atomic E-state index is 0.131. The van der Waals surface area contributed by atoms with Crippen LogP contribution in [0.3, 0.4) is 0 Å². The first kappa shape index (κ1) is 16.7. The number of nitrogens with two attached hydrogens (primary N) is 1. The van der Waals surface area contributed by atoms with E-state index in [-0.39, 0.29) is 6.10 Å². The summed E-state index contributed by atoms with van der Waals surface area (Å²) in [5.74, 6) is 0.702. The average Bonchev–Trinajstić information content (AvgIpc) is 3.22. The number of anilines is 2. The Morgan fingerprint density at radius 3 is 2.62 bits per heavy atom. The number of methoxy groups -OCH3 is 1. The molecule has 1 atom stereocenters. The maximum Gasteiger partial charge on any atom is 0.261 e. The van der Waals surface area contributed by atoms with Crippen LogP contribution in [0.2, 0.25) is 0 Å². The van der Waals surface area contributed by atoms with E-state index in [0.29, 0.717) is 34.0 Å². The van der Waals surface area contributed by atoms with Gasteiger partial charge in [0, 0.05) is 17.3 Å². The number of fused-ring (bicyclic) bond motifs is 1. The van der Waals surface area contributed by atoms with Crippen LogP contribution >= 0.6 is 0 Å². The van der Waals surface area contributed by atoms with Crippen molar-refractivity contribution in [1.29, 1.82) is 0 Å². The molecular weight excluding hydrogens is 335 g/mol. The van der Waals surface area contributed by atoms with Crippen LogP contribution in [0.4, 0.5) is 15.8 Å². The highest BCUT2D eigenvalue weighted by Crippen LogP contribution is 2.42. The quantitative estimate of drug-likeness (QED) is 0.658. The number of carbonyl (C=O) groups is 1. The fourth-order valence-electron chi connectivity index (χ4n) is 3.68. The maximum absolute atomic E-state index is 15.0. The van der Waals surface area contributed by atoms with E-state index in [1.165, 1.54) is 6.07 Å². The van der Waals surface area contributed by atoms with Gasteiger partial charge in [-0.2, -0.15) is 0 Å². The predicted octanol–water partition coefficient (Wildman–Crippen LogP) is 4.23. The fourth-order valence-corrected chi connectivity index (χ4v) is 3.68. The third kappa shape index (κ3) is 2.75. The van der Waals surface area contributed by atoms with E-state index in [0.717, 1.165) is 30.6 Å². The van der Waals surface area contributed by atoms with Crippen LogP contribution < -0.4 is 20.1 Å². The van der Waals surface area contributed by atoms with Crippen molar-refractivity contribution >= 4 is 17.3 Å². The van der Waals surface area contributed by atoms with E-state index in [1.54, 1.807) is 37.4 Å². The Labute approximate surface area is 151 Å². The number of nitrogens with zero attached hydrogens (tertiary/aromatic N) is 1. The molecule has 1 heterocycles. The summed E-state index contributed by atoms with van der Waals surface area (Å²) in [7, 11) is 1.56. The topological polar surface area (TPSA) is 64.8 Å². The molecule has 4 rings (SSSR count). The lowest BCUT2D eigenvalue weighted by Crippen LogP contribution is -2.25. The first-order valence-electron chi connectivity index (χ1n) is 8.80. The lowest BCUT2D eigenvalue weighted by atomic mass is 10.1. The van der Waals surface area contributed by atoms with E-state index in [4.69, 9.17) is 15.2 Å². The number of rotatable bonds is 4. The lowest BCUT2D eigenvalue weighted by molar-refractivity contribution is 0.0975. The fraction of sp³-hybridized carbons (Fsp3) is 0.350. The molecule has 1 saturated carbocycles. The lowest BCUT2D eigenvalue weighted by Gasteiger charge is -2.22. The Bertz CT molecular complexity index is 849. The van der Waals surface area contributed by atoms with Crippen LogP contribution in [0.1, 0.15) is 47.9 Å². The monoisotopic (exact) mass is 356 g/mol. The van der Waals surface area contributed by atoms with Gasteiger partial charge in [0.1, 0.15) is 0 Å². The number of alkyl halides is 1. The van der Waals surface area contributed by atoms with Crippen LogP contribution in [-0.4, -0.2) is 19.1 Å². The van der Waals surface area contributed by atoms with Gasteiger partial charge in [0.25, 0.3) is 5.91 Å². The summed E-state index contributed by atoms with van der Waals surface area (Å²) in [6.45, 7) is 0.